The number of carbonyl (C=O) groups is 2. The van der Waals surface area contributed by atoms with Crippen LogP contribution in [0.15, 0.2) is 42.5 Å². The van der Waals surface area contributed by atoms with Gasteiger partial charge in [-0.2, -0.15) is 0 Å². The van der Waals surface area contributed by atoms with Gasteiger partial charge in [-0.3, -0.25) is 9.59 Å². The van der Waals surface area contributed by atoms with Gasteiger partial charge in [-0.05, 0) is 68.0 Å². The Labute approximate surface area is 167 Å². The van der Waals surface area contributed by atoms with Gasteiger partial charge in [0.2, 0.25) is 11.8 Å². The van der Waals surface area contributed by atoms with Crippen molar-refractivity contribution < 1.29 is 14.3 Å². The lowest BCUT2D eigenvalue weighted by molar-refractivity contribution is -0.121. The number of hydrogen-bond donors (Lipinski definition) is 2. The summed E-state index contributed by atoms with van der Waals surface area (Å²) in [7, 11) is 0. The normalized spacial score (nSPS) is 10.4. The molecular weight excluding hydrogens is 352 g/mol. The lowest BCUT2D eigenvalue weighted by Gasteiger charge is -2.10. The topological polar surface area (TPSA) is 67.4 Å². The minimum Gasteiger partial charge on any atom is -0.493 e. The van der Waals surface area contributed by atoms with Crippen molar-refractivity contribution in [3.63, 3.8) is 0 Å². The highest BCUT2D eigenvalue weighted by Gasteiger charge is 2.03. The summed E-state index contributed by atoms with van der Waals surface area (Å²) < 4.78 is 5.81. The summed E-state index contributed by atoms with van der Waals surface area (Å²) in [4.78, 5) is 22.9. The van der Waals surface area contributed by atoms with Gasteiger partial charge in [-0.25, -0.2) is 0 Å². The number of amides is 2. The molecule has 2 aromatic rings. The second-order valence-electron chi connectivity index (χ2n) is 7.05. The molecule has 0 unspecified atom stereocenters. The Morgan fingerprint density at radius 2 is 1.75 bits per heavy atom. The summed E-state index contributed by atoms with van der Waals surface area (Å²) in [6.45, 7) is 6.80. The molecule has 0 fully saturated rings. The smallest absolute Gasteiger partial charge is 0.221 e. The minimum absolute atomic E-state index is 0.0709. The summed E-state index contributed by atoms with van der Waals surface area (Å²) in [5.41, 5.74) is 4.22. The molecule has 2 aromatic carbocycles. The highest BCUT2D eigenvalue weighted by atomic mass is 16.5. The summed E-state index contributed by atoms with van der Waals surface area (Å²) >= 11 is 0. The second-order valence-corrected chi connectivity index (χ2v) is 7.05. The molecule has 2 amide bonds. The van der Waals surface area contributed by atoms with Crippen molar-refractivity contribution in [2.24, 2.45) is 0 Å². The first kappa shape index (κ1) is 21.5. The van der Waals surface area contributed by atoms with Gasteiger partial charge in [0.15, 0.2) is 0 Å². The molecule has 28 heavy (non-hydrogen) atoms. The summed E-state index contributed by atoms with van der Waals surface area (Å²) in [6, 6.07) is 13.8. The van der Waals surface area contributed by atoms with Crippen LogP contribution in [0.5, 0.6) is 5.75 Å². The Morgan fingerprint density at radius 3 is 2.46 bits per heavy atom. The number of carbonyl (C=O) groups excluding carboxylic acids is 2. The molecule has 0 aliphatic carbocycles. The fourth-order valence-electron chi connectivity index (χ4n) is 2.83. The van der Waals surface area contributed by atoms with Crippen molar-refractivity contribution in [3.05, 3.63) is 59.2 Å². The Morgan fingerprint density at radius 1 is 1.00 bits per heavy atom. The van der Waals surface area contributed by atoms with Crippen molar-refractivity contribution in [2.75, 3.05) is 18.5 Å². The summed E-state index contributed by atoms with van der Waals surface area (Å²) in [5.74, 6) is 0.912. The number of hydrogen-bond acceptors (Lipinski definition) is 3. The van der Waals surface area contributed by atoms with Crippen LogP contribution in [0.25, 0.3) is 0 Å². The van der Waals surface area contributed by atoms with Gasteiger partial charge >= 0.3 is 0 Å². The van der Waals surface area contributed by atoms with Gasteiger partial charge in [-0.15, -0.1) is 0 Å². The van der Waals surface area contributed by atoms with E-state index in [1.165, 1.54) is 12.5 Å². The lowest BCUT2D eigenvalue weighted by atomic mass is 10.1. The van der Waals surface area contributed by atoms with Crippen LogP contribution >= 0.6 is 0 Å². The van der Waals surface area contributed by atoms with Gasteiger partial charge in [0.05, 0.1) is 6.61 Å². The third kappa shape index (κ3) is 7.82. The van der Waals surface area contributed by atoms with E-state index in [0.717, 1.165) is 41.8 Å². The van der Waals surface area contributed by atoms with Gasteiger partial charge in [-0.1, -0.05) is 24.3 Å². The van der Waals surface area contributed by atoms with Crippen LogP contribution in [-0.4, -0.2) is 25.0 Å². The van der Waals surface area contributed by atoms with E-state index in [1.807, 2.05) is 44.2 Å². The molecule has 0 radical (unpaired) electrons. The van der Waals surface area contributed by atoms with Crippen molar-refractivity contribution in [1.82, 2.24) is 5.32 Å². The zero-order valence-electron chi connectivity index (χ0n) is 17.0. The number of unbranched alkanes of at least 4 members (excludes halogenated alkanes) is 1. The van der Waals surface area contributed by atoms with Crippen LogP contribution in [0, 0.1) is 13.8 Å². The number of aryl methyl sites for hydroxylation is 2. The highest BCUT2D eigenvalue weighted by molar-refractivity contribution is 5.88. The molecule has 0 aromatic heterocycles. The lowest BCUT2D eigenvalue weighted by Crippen LogP contribution is -2.25. The molecule has 5 heteroatoms. The van der Waals surface area contributed by atoms with E-state index < -0.39 is 0 Å². The Balaban J connectivity index is 1.57. The SMILES string of the molecule is CC(=O)Nc1ccc(CCNC(=O)CCCCOc2cc(C)ccc2C)cc1. The maximum Gasteiger partial charge on any atom is 0.221 e. The fourth-order valence-corrected chi connectivity index (χ4v) is 2.83. The number of rotatable bonds is 10. The predicted octanol–water partition coefficient (Wildman–Crippen LogP) is 4.17. The van der Waals surface area contributed by atoms with Gasteiger partial charge < -0.3 is 15.4 Å². The Bertz CT molecular complexity index is 785. The van der Waals surface area contributed by atoms with E-state index in [-0.39, 0.29) is 11.8 Å². The van der Waals surface area contributed by atoms with Crippen LogP contribution < -0.4 is 15.4 Å². The molecule has 0 aliphatic heterocycles. The average Bonchev–Trinajstić information content (AvgIpc) is 2.65. The predicted molar refractivity (Wildman–Crippen MR) is 113 cm³/mol. The average molecular weight is 383 g/mol. The van der Waals surface area contributed by atoms with E-state index in [9.17, 15) is 9.59 Å². The molecule has 150 valence electrons. The van der Waals surface area contributed by atoms with E-state index in [2.05, 4.69) is 22.8 Å². The summed E-state index contributed by atoms with van der Waals surface area (Å²) in [5, 5.41) is 5.69. The number of nitrogens with one attached hydrogen (secondary N) is 2. The largest absolute Gasteiger partial charge is 0.493 e. The third-order valence-corrected chi connectivity index (χ3v) is 4.41. The van der Waals surface area contributed by atoms with E-state index in [4.69, 9.17) is 4.74 Å². The van der Waals surface area contributed by atoms with Gasteiger partial charge in [0.1, 0.15) is 5.75 Å². The zero-order valence-corrected chi connectivity index (χ0v) is 17.0. The van der Waals surface area contributed by atoms with Crippen LogP contribution in [0.1, 0.15) is 42.9 Å². The molecule has 0 atom stereocenters. The molecule has 0 aliphatic rings. The molecule has 0 heterocycles. The zero-order chi connectivity index (χ0) is 20.4. The van der Waals surface area contributed by atoms with E-state index in [0.29, 0.717) is 19.6 Å². The van der Waals surface area contributed by atoms with Crippen molar-refractivity contribution in [3.8, 4) is 5.75 Å². The molecule has 5 nitrogen and oxygen atoms in total. The third-order valence-electron chi connectivity index (χ3n) is 4.41. The standard InChI is InChI=1S/C23H30N2O3/c1-17-7-8-18(2)22(16-17)28-15-5-4-6-23(27)24-14-13-20-9-11-21(12-10-20)25-19(3)26/h7-12,16H,4-6,13-15H2,1-3H3,(H,24,27)(H,25,26). The maximum atomic E-state index is 11.9. The van der Waals surface area contributed by atoms with Crippen LogP contribution in [0.3, 0.4) is 0 Å². The maximum absolute atomic E-state index is 11.9. The first-order valence-corrected chi connectivity index (χ1v) is 9.77. The molecule has 2 rings (SSSR count). The number of anilines is 1. The fraction of sp³-hybridized carbons (Fsp3) is 0.391. The van der Waals surface area contributed by atoms with Crippen molar-refractivity contribution >= 4 is 17.5 Å². The van der Waals surface area contributed by atoms with Crippen LogP contribution in [-0.2, 0) is 16.0 Å². The van der Waals surface area contributed by atoms with Crippen molar-refractivity contribution in [1.29, 1.82) is 0 Å². The molecule has 2 N–H and O–H groups in total. The van der Waals surface area contributed by atoms with Gasteiger partial charge in [0.25, 0.3) is 0 Å². The first-order chi connectivity index (χ1) is 13.4. The molecular formula is C23H30N2O3. The molecule has 0 saturated carbocycles. The second kappa shape index (κ2) is 11.1. The van der Waals surface area contributed by atoms with E-state index in [1.54, 1.807) is 0 Å². The Hall–Kier alpha value is -2.82. The molecule has 0 bridgehead atoms. The quantitative estimate of drug-likeness (QED) is 0.606. The molecule has 0 saturated heterocycles. The Kier molecular flexibility index (Phi) is 8.53. The minimum atomic E-state index is -0.0839. The number of ether oxygens (including phenoxy) is 1. The number of benzene rings is 2. The van der Waals surface area contributed by atoms with Crippen LogP contribution in [0.2, 0.25) is 0 Å². The highest BCUT2D eigenvalue weighted by Crippen LogP contribution is 2.19. The first-order valence-electron chi connectivity index (χ1n) is 9.77. The molecule has 0 spiro atoms. The van der Waals surface area contributed by atoms with Crippen molar-refractivity contribution in [2.45, 2.75) is 46.5 Å². The monoisotopic (exact) mass is 382 g/mol. The van der Waals surface area contributed by atoms with Crippen LogP contribution in [0.4, 0.5) is 5.69 Å². The van der Waals surface area contributed by atoms with Gasteiger partial charge in [0, 0.05) is 25.6 Å². The van der Waals surface area contributed by atoms with E-state index >= 15 is 0 Å². The summed E-state index contributed by atoms with van der Waals surface area (Å²) in [6.07, 6.45) is 2.94.